The van der Waals surface area contributed by atoms with E-state index in [1.807, 2.05) is 36.0 Å². The number of benzene rings is 1. The lowest BCUT2D eigenvalue weighted by Crippen LogP contribution is -2.07. The molecule has 1 rings (SSSR count). The summed E-state index contributed by atoms with van der Waals surface area (Å²) in [6.45, 7) is 6.58. The summed E-state index contributed by atoms with van der Waals surface area (Å²) in [5, 5.41) is 0. The van der Waals surface area contributed by atoms with Gasteiger partial charge in [0.25, 0.3) is 0 Å². The number of methoxy groups -OCH3 is 1. The Morgan fingerprint density at radius 2 is 1.81 bits per heavy atom. The van der Waals surface area contributed by atoms with Gasteiger partial charge in [0.15, 0.2) is 0 Å². The Bertz CT molecular complexity index is 349. The zero-order valence-corrected chi connectivity index (χ0v) is 11.1. The van der Waals surface area contributed by atoms with Gasteiger partial charge in [-0.3, -0.25) is 0 Å². The van der Waals surface area contributed by atoms with E-state index < -0.39 is 0 Å². The Balaban J connectivity index is 2.62. The summed E-state index contributed by atoms with van der Waals surface area (Å²) in [5.74, 6) is 0.681. The SMILES string of the molecule is COC(=O)c1ccc(CSC(C)(C)C)cc1. The largest absolute Gasteiger partial charge is 0.465 e. The first-order chi connectivity index (χ1) is 7.42. The van der Waals surface area contributed by atoms with Crippen LogP contribution in [-0.2, 0) is 10.5 Å². The van der Waals surface area contributed by atoms with E-state index in [9.17, 15) is 4.79 Å². The van der Waals surface area contributed by atoms with Gasteiger partial charge in [-0.05, 0) is 17.7 Å². The smallest absolute Gasteiger partial charge is 0.337 e. The van der Waals surface area contributed by atoms with Crippen molar-refractivity contribution in [1.29, 1.82) is 0 Å². The Hall–Kier alpha value is -0.960. The number of hydrogen-bond donors (Lipinski definition) is 0. The van der Waals surface area contributed by atoms with Gasteiger partial charge in [-0.15, -0.1) is 0 Å². The van der Waals surface area contributed by atoms with E-state index in [1.165, 1.54) is 12.7 Å². The fourth-order valence-corrected chi connectivity index (χ4v) is 1.95. The highest BCUT2D eigenvalue weighted by Gasteiger charge is 2.11. The molecule has 0 saturated heterocycles. The van der Waals surface area contributed by atoms with E-state index in [1.54, 1.807) is 0 Å². The average Bonchev–Trinajstić information content (AvgIpc) is 2.25. The lowest BCUT2D eigenvalue weighted by atomic mass is 10.1. The normalized spacial score (nSPS) is 11.2. The van der Waals surface area contributed by atoms with Crippen molar-refractivity contribution in [1.82, 2.24) is 0 Å². The van der Waals surface area contributed by atoms with Crippen LogP contribution in [0.2, 0.25) is 0 Å². The second-order valence-electron chi connectivity index (χ2n) is 4.59. The number of carbonyl (C=O) groups excluding carboxylic acids is 1. The predicted octanol–water partition coefficient (Wildman–Crippen LogP) is 3.50. The van der Waals surface area contributed by atoms with Gasteiger partial charge in [0.2, 0.25) is 0 Å². The van der Waals surface area contributed by atoms with E-state index in [0.29, 0.717) is 5.56 Å². The van der Waals surface area contributed by atoms with Crippen molar-refractivity contribution in [2.24, 2.45) is 0 Å². The van der Waals surface area contributed by atoms with Crippen molar-refractivity contribution in [3.8, 4) is 0 Å². The minimum absolute atomic E-state index is 0.265. The molecule has 3 heteroatoms. The molecule has 0 N–H and O–H groups in total. The highest BCUT2D eigenvalue weighted by molar-refractivity contribution is 7.99. The summed E-state index contributed by atoms with van der Waals surface area (Å²) < 4.78 is 4.91. The average molecular weight is 238 g/mol. The van der Waals surface area contributed by atoms with Crippen LogP contribution < -0.4 is 0 Å². The molecule has 16 heavy (non-hydrogen) atoms. The highest BCUT2D eigenvalue weighted by Crippen LogP contribution is 2.27. The van der Waals surface area contributed by atoms with Crippen molar-refractivity contribution >= 4 is 17.7 Å². The lowest BCUT2D eigenvalue weighted by Gasteiger charge is -2.17. The summed E-state index contributed by atoms with van der Waals surface area (Å²) in [5.41, 5.74) is 1.83. The maximum atomic E-state index is 11.2. The number of thioether (sulfide) groups is 1. The molecule has 1 aromatic rings. The third-order valence-electron chi connectivity index (χ3n) is 2.05. The Kier molecular flexibility index (Phi) is 4.42. The van der Waals surface area contributed by atoms with Gasteiger partial charge in [-0.2, -0.15) is 11.8 Å². The molecule has 0 spiro atoms. The highest BCUT2D eigenvalue weighted by atomic mass is 32.2. The fourth-order valence-electron chi connectivity index (χ4n) is 1.15. The van der Waals surface area contributed by atoms with Crippen molar-refractivity contribution in [3.05, 3.63) is 35.4 Å². The topological polar surface area (TPSA) is 26.3 Å². The number of ether oxygens (including phenoxy) is 1. The molecule has 1 aromatic carbocycles. The van der Waals surface area contributed by atoms with Crippen LogP contribution in [0.5, 0.6) is 0 Å². The molecule has 0 atom stereocenters. The van der Waals surface area contributed by atoms with Gasteiger partial charge in [0.05, 0.1) is 12.7 Å². The molecule has 0 amide bonds. The molecule has 88 valence electrons. The van der Waals surface area contributed by atoms with Crippen LogP contribution in [-0.4, -0.2) is 17.8 Å². The third kappa shape index (κ3) is 4.27. The van der Waals surface area contributed by atoms with Crippen LogP contribution in [0.1, 0.15) is 36.7 Å². The van der Waals surface area contributed by atoms with Gasteiger partial charge < -0.3 is 4.74 Å². The molecular weight excluding hydrogens is 220 g/mol. The van der Waals surface area contributed by atoms with Crippen molar-refractivity contribution in [2.75, 3.05) is 7.11 Å². The quantitative estimate of drug-likeness (QED) is 0.754. The molecule has 0 fully saturated rings. The molecule has 0 aromatic heterocycles. The summed E-state index contributed by atoms with van der Waals surface area (Å²) >= 11 is 1.89. The molecule has 0 unspecified atom stereocenters. The second kappa shape index (κ2) is 5.39. The molecular formula is C13H18O2S. The fraction of sp³-hybridized carbons (Fsp3) is 0.462. The molecule has 2 nitrogen and oxygen atoms in total. The lowest BCUT2D eigenvalue weighted by molar-refractivity contribution is 0.0600. The molecule has 0 aliphatic heterocycles. The van der Waals surface area contributed by atoms with E-state index in [0.717, 1.165) is 5.75 Å². The van der Waals surface area contributed by atoms with Gasteiger partial charge in [0, 0.05) is 10.5 Å². The first kappa shape index (κ1) is 13.1. The standard InChI is InChI=1S/C13H18O2S/c1-13(2,3)16-9-10-5-7-11(8-6-10)12(14)15-4/h5-8H,9H2,1-4H3. The molecule has 0 bridgehead atoms. The molecule has 0 aliphatic carbocycles. The minimum Gasteiger partial charge on any atom is -0.465 e. The minimum atomic E-state index is -0.282. The first-order valence-electron chi connectivity index (χ1n) is 5.23. The third-order valence-corrected chi connectivity index (χ3v) is 3.39. The van der Waals surface area contributed by atoms with Crippen molar-refractivity contribution < 1.29 is 9.53 Å². The van der Waals surface area contributed by atoms with Crippen LogP contribution in [0.15, 0.2) is 24.3 Å². The van der Waals surface area contributed by atoms with E-state index in [-0.39, 0.29) is 10.7 Å². The summed E-state index contributed by atoms with van der Waals surface area (Å²) in [6, 6.07) is 7.57. The monoisotopic (exact) mass is 238 g/mol. The van der Waals surface area contributed by atoms with Crippen LogP contribution in [0.25, 0.3) is 0 Å². The number of carbonyl (C=O) groups is 1. The van der Waals surface area contributed by atoms with Crippen LogP contribution in [0.4, 0.5) is 0 Å². The summed E-state index contributed by atoms with van der Waals surface area (Å²) in [7, 11) is 1.39. The van der Waals surface area contributed by atoms with E-state index in [4.69, 9.17) is 0 Å². The Morgan fingerprint density at radius 3 is 2.25 bits per heavy atom. The van der Waals surface area contributed by atoms with Gasteiger partial charge >= 0.3 is 5.97 Å². The zero-order chi connectivity index (χ0) is 12.2. The predicted molar refractivity (Wildman–Crippen MR) is 68.8 cm³/mol. The number of esters is 1. The number of rotatable bonds is 3. The molecule has 0 saturated carbocycles. The zero-order valence-electron chi connectivity index (χ0n) is 10.2. The first-order valence-corrected chi connectivity index (χ1v) is 6.22. The molecule has 0 heterocycles. The van der Waals surface area contributed by atoms with Crippen molar-refractivity contribution in [2.45, 2.75) is 31.3 Å². The second-order valence-corrected chi connectivity index (χ2v) is 6.39. The summed E-state index contributed by atoms with van der Waals surface area (Å²) in [6.07, 6.45) is 0. The molecule has 0 aliphatic rings. The summed E-state index contributed by atoms with van der Waals surface area (Å²) in [4.78, 5) is 11.2. The van der Waals surface area contributed by atoms with E-state index >= 15 is 0 Å². The van der Waals surface area contributed by atoms with Gasteiger partial charge in [-0.25, -0.2) is 4.79 Å². The van der Waals surface area contributed by atoms with Gasteiger partial charge in [-0.1, -0.05) is 32.9 Å². The van der Waals surface area contributed by atoms with E-state index in [2.05, 4.69) is 25.5 Å². The molecule has 0 radical (unpaired) electrons. The number of hydrogen-bond acceptors (Lipinski definition) is 3. The van der Waals surface area contributed by atoms with Crippen molar-refractivity contribution in [3.63, 3.8) is 0 Å². The van der Waals surface area contributed by atoms with Crippen LogP contribution in [0.3, 0.4) is 0 Å². The Labute approximate surface area is 101 Å². The van der Waals surface area contributed by atoms with Crippen LogP contribution in [0, 0.1) is 0 Å². The Morgan fingerprint density at radius 1 is 1.25 bits per heavy atom. The van der Waals surface area contributed by atoms with Crippen LogP contribution >= 0.6 is 11.8 Å². The maximum absolute atomic E-state index is 11.2. The maximum Gasteiger partial charge on any atom is 0.337 e. The van der Waals surface area contributed by atoms with Gasteiger partial charge in [0.1, 0.15) is 0 Å².